The third-order valence-electron chi connectivity index (χ3n) is 2.06. The third kappa shape index (κ3) is 1.97. The van der Waals surface area contributed by atoms with Gasteiger partial charge in [0.05, 0.1) is 0 Å². The monoisotopic (exact) mass is 205 g/mol. The van der Waals surface area contributed by atoms with E-state index in [9.17, 15) is 4.79 Å². The van der Waals surface area contributed by atoms with Crippen LogP contribution in [-0.2, 0) is 4.79 Å². The molecular formula is C7H12BrNO. The molecule has 0 spiro atoms. The largest absolute Gasteiger partial charge is 0.369 e. The average molecular weight is 206 g/mol. The Bertz CT molecular complexity index is 130. The van der Waals surface area contributed by atoms with Crippen LogP contribution in [0.1, 0.15) is 25.7 Å². The van der Waals surface area contributed by atoms with Crippen molar-refractivity contribution in [3.8, 4) is 0 Å². The van der Waals surface area contributed by atoms with Gasteiger partial charge < -0.3 is 5.73 Å². The Morgan fingerprint density at radius 2 is 1.80 bits per heavy atom. The highest BCUT2D eigenvalue weighted by Crippen LogP contribution is 2.28. The topological polar surface area (TPSA) is 43.1 Å². The molecule has 2 nitrogen and oxygen atoms in total. The number of primary amides is 1. The lowest BCUT2D eigenvalue weighted by molar-refractivity contribution is -0.122. The predicted octanol–water partition coefficient (Wildman–Crippen LogP) is 1.43. The van der Waals surface area contributed by atoms with Crippen molar-refractivity contribution in [3.05, 3.63) is 0 Å². The number of nitrogens with two attached hydrogens (primary N) is 1. The standard InChI is InChI=1S/C7H12BrNO/c8-6-3-1-5(2-4-6)7(9)10/h5-6H,1-4H2,(H2,9,10). The zero-order valence-electron chi connectivity index (χ0n) is 5.85. The molecule has 0 aliphatic heterocycles. The van der Waals surface area contributed by atoms with Crippen LogP contribution in [-0.4, -0.2) is 10.7 Å². The first kappa shape index (κ1) is 8.05. The maximum absolute atomic E-state index is 10.7. The van der Waals surface area contributed by atoms with Crippen LogP contribution in [0.5, 0.6) is 0 Å². The van der Waals surface area contributed by atoms with E-state index >= 15 is 0 Å². The summed E-state index contributed by atoms with van der Waals surface area (Å²) in [6.45, 7) is 0. The molecule has 1 fully saturated rings. The molecule has 0 unspecified atom stereocenters. The normalized spacial score (nSPS) is 33.7. The van der Waals surface area contributed by atoms with Crippen LogP contribution in [0, 0.1) is 5.92 Å². The summed E-state index contributed by atoms with van der Waals surface area (Å²) in [7, 11) is 0. The molecule has 1 rings (SSSR count). The summed E-state index contributed by atoms with van der Waals surface area (Å²) in [6, 6.07) is 0. The highest BCUT2D eigenvalue weighted by Gasteiger charge is 2.22. The Kier molecular flexibility index (Phi) is 2.72. The Hall–Kier alpha value is -0.0500. The van der Waals surface area contributed by atoms with Crippen LogP contribution in [0.25, 0.3) is 0 Å². The van der Waals surface area contributed by atoms with E-state index in [4.69, 9.17) is 5.73 Å². The number of hydrogen-bond donors (Lipinski definition) is 1. The first-order valence-electron chi connectivity index (χ1n) is 3.63. The van der Waals surface area contributed by atoms with Crippen LogP contribution < -0.4 is 5.73 Å². The lowest BCUT2D eigenvalue weighted by atomic mass is 9.89. The number of hydrogen-bond acceptors (Lipinski definition) is 1. The van der Waals surface area contributed by atoms with Crippen LogP contribution in [0.3, 0.4) is 0 Å². The van der Waals surface area contributed by atoms with Crippen LogP contribution in [0.4, 0.5) is 0 Å². The molecule has 0 radical (unpaired) electrons. The van der Waals surface area contributed by atoms with Crippen molar-refractivity contribution in [2.75, 3.05) is 0 Å². The second-order valence-corrected chi connectivity index (χ2v) is 4.15. The Labute approximate surface area is 69.3 Å². The van der Waals surface area contributed by atoms with Gasteiger partial charge in [0.1, 0.15) is 0 Å². The minimum Gasteiger partial charge on any atom is -0.369 e. The van der Waals surface area contributed by atoms with Gasteiger partial charge in [-0.3, -0.25) is 4.79 Å². The smallest absolute Gasteiger partial charge is 0.220 e. The molecule has 0 aromatic heterocycles. The molecule has 1 saturated carbocycles. The summed E-state index contributed by atoms with van der Waals surface area (Å²) in [5.41, 5.74) is 5.16. The second-order valence-electron chi connectivity index (χ2n) is 2.85. The quantitative estimate of drug-likeness (QED) is 0.648. The second kappa shape index (κ2) is 3.37. The number of rotatable bonds is 1. The minimum atomic E-state index is -0.126. The molecule has 0 aromatic carbocycles. The van der Waals surface area contributed by atoms with Crippen molar-refractivity contribution >= 4 is 21.8 Å². The Balaban J connectivity index is 2.33. The summed E-state index contributed by atoms with van der Waals surface area (Å²) in [5, 5.41) is 0. The number of halogens is 1. The SMILES string of the molecule is NC(=O)C1CCC(Br)CC1. The first-order chi connectivity index (χ1) is 4.70. The van der Waals surface area contributed by atoms with E-state index in [0.29, 0.717) is 4.83 Å². The number of alkyl halides is 1. The lowest BCUT2D eigenvalue weighted by Gasteiger charge is -2.22. The van der Waals surface area contributed by atoms with E-state index in [0.717, 1.165) is 25.7 Å². The number of amides is 1. The fourth-order valence-electron chi connectivity index (χ4n) is 1.34. The van der Waals surface area contributed by atoms with Crippen molar-refractivity contribution in [3.63, 3.8) is 0 Å². The Morgan fingerprint density at radius 1 is 1.30 bits per heavy atom. The van der Waals surface area contributed by atoms with Crippen molar-refractivity contribution in [2.45, 2.75) is 30.5 Å². The van der Waals surface area contributed by atoms with Gasteiger partial charge in [-0.05, 0) is 25.7 Å². The van der Waals surface area contributed by atoms with Crippen molar-refractivity contribution < 1.29 is 4.79 Å². The van der Waals surface area contributed by atoms with Gasteiger partial charge in [-0.2, -0.15) is 0 Å². The van der Waals surface area contributed by atoms with Gasteiger partial charge in [0.15, 0.2) is 0 Å². The molecular weight excluding hydrogens is 194 g/mol. The average Bonchev–Trinajstić information content (AvgIpc) is 1.88. The zero-order chi connectivity index (χ0) is 7.56. The summed E-state index contributed by atoms with van der Waals surface area (Å²) in [5.74, 6) is 0.0215. The summed E-state index contributed by atoms with van der Waals surface area (Å²) >= 11 is 3.51. The van der Waals surface area contributed by atoms with Crippen molar-refractivity contribution in [1.82, 2.24) is 0 Å². The van der Waals surface area contributed by atoms with E-state index in [1.807, 2.05) is 0 Å². The fraction of sp³-hybridized carbons (Fsp3) is 0.857. The van der Waals surface area contributed by atoms with Crippen LogP contribution >= 0.6 is 15.9 Å². The van der Waals surface area contributed by atoms with Gasteiger partial charge in [0, 0.05) is 10.7 Å². The molecule has 10 heavy (non-hydrogen) atoms. The summed E-state index contributed by atoms with van der Waals surface area (Å²) in [6.07, 6.45) is 4.11. The van der Waals surface area contributed by atoms with Gasteiger partial charge in [-0.25, -0.2) is 0 Å². The number of carbonyl (C=O) groups excluding carboxylic acids is 1. The van der Waals surface area contributed by atoms with Gasteiger partial charge >= 0.3 is 0 Å². The minimum absolute atomic E-state index is 0.126. The summed E-state index contributed by atoms with van der Waals surface area (Å²) in [4.78, 5) is 11.3. The van der Waals surface area contributed by atoms with Crippen molar-refractivity contribution in [2.24, 2.45) is 11.7 Å². The lowest BCUT2D eigenvalue weighted by Crippen LogP contribution is -2.27. The number of carbonyl (C=O) groups is 1. The maximum Gasteiger partial charge on any atom is 0.220 e. The molecule has 2 N–H and O–H groups in total. The van der Waals surface area contributed by atoms with E-state index in [2.05, 4.69) is 15.9 Å². The highest BCUT2D eigenvalue weighted by molar-refractivity contribution is 9.09. The molecule has 1 amide bonds. The summed E-state index contributed by atoms with van der Waals surface area (Å²) < 4.78 is 0. The van der Waals surface area contributed by atoms with Crippen molar-refractivity contribution in [1.29, 1.82) is 0 Å². The fourth-order valence-corrected chi connectivity index (χ4v) is 1.87. The molecule has 0 atom stereocenters. The van der Waals surface area contributed by atoms with Crippen LogP contribution in [0.15, 0.2) is 0 Å². The molecule has 0 bridgehead atoms. The maximum atomic E-state index is 10.7. The molecule has 0 heterocycles. The molecule has 58 valence electrons. The van der Waals surface area contributed by atoms with Crippen LogP contribution in [0.2, 0.25) is 0 Å². The molecule has 0 saturated heterocycles. The van der Waals surface area contributed by atoms with Gasteiger partial charge in [-0.15, -0.1) is 0 Å². The molecule has 0 aromatic rings. The highest BCUT2D eigenvalue weighted by atomic mass is 79.9. The first-order valence-corrected chi connectivity index (χ1v) is 4.55. The van der Waals surface area contributed by atoms with E-state index in [-0.39, 0.29) is 11.8 Å². The van der Waals surface area contributed by atoms with E-state index in [1.165, 1.54) is 0 Å². The van der Waals surface area contributed by atoms with E-state index in [1.54, 1.807) is 0 Å². The van der Waals surface area contributed by atoms with Gasteiger partial charge in [0.25, 0.3) is 0 Å². The molecule has 1 aliphatic rings. The zero-order valence-corrected chi connectivity index (χ0v) is 7.43. The van der Waals surface area contributed by atoms with E-state index < -0.39 is 0 Å². The predicted molar refractivity (Wildman–Crippen MR) is 43.9 cm³/mol. The Morgan fingerprint density at radius 3 is 2.20 bits per heavy atom. The third-order valence-corrected chi connectivity index (χ3v) is 2.97. The molecule has 3 heteroatoms. The van der Waals surface area contributed by atoms with Gasteiger partial charge in [0.2, 0.25) is 5.91 Å². The van der Waals surface area contributed by atoms with Gasteiger partial charge in [-0.1, -0.05) is 15.9 Å². The molecule has 1 aliphatic carbocycles.